The lowest BCUT2D eigenvalue weighted by Crippen LogP contribution is -2.23. The van der Waals surface area contributed by atoms with Crippen LogP contribution in [0.25, 0.3) is 0 Å². The molecule has 0 aromatic heterocycles. The second kappa shape index (κ2) is 6.10. The Kier molecular flexibility index (Phi) is 4.33. The molecule has 0 aliphatic carbocycles. The lowest BCUT2D eigenvalue weighted by molar-refractivity contribution is 0.598. The molecule has 3 rings (SSSR count). The maximum atomic E-state index is 3.30. The van der Waals surface area contributed by atoms with E-state index in [1.807, 2.05) is 7.05 Å². The lowest BCUT2D eigenvalue weighted by Gasteiger charge is -2.32. The van der Waals surface area contributed by atoms with Crippen molar-refractivity contribution < 1.29 is 0 Å². The summed E-state index contributed by atoms with van der Waals surface area (Å²) in [5.41, 5.74) is 4.44. The number of hydrogen-bond acceptors (Lipinski definition) is 2. The summed E-state index contributed by atoms with van der Waals surface area (Å²) in [5, 5.41) is 3.30. The molecule has 0 bridgehead atoms. The van der Waals surface area contributed by atoms with E-state index in [0.717, 1.165) is 6.54 Å². The highest BCUT2D eigenvalue weighted by Crippen LogP contribution is 2.62. The molecule has 1 aliphatic heterocycles. The SMILES string of the molecule is CNCCC[C@]1(c2ccccc2)SC(C)(C)c2ccccc21. The van der Waals surface area contributed by atoms with Crippen LogP contribution in [0.15, 0.2) is 54.6 Å². The van der Waals surface area contributed by atoms with E-state index in [4.69, 9.17) is 0 Å². The van der Waals surface area contributed by atoms with Crippen molar-refractivity contribution in [2.75, 3.05) is 13.6 Å². The van der Waals surface area contributed by atoms with E-state index >= 15 is 0 Å². The van der Waals surface area contributed by atoms with Crippen LogP contribution in [-0.4, -0.2) is 13.6 Å². The zero-order valence-corrected chi connectivity index (χ0v) is 14.5. The van der Waals surface area contributed by atoms with Crippen LogP contribution in [-0.2, 0) is 9.49 Å². The molecule has 2 aromatic carbocycles. The molecule has 116 valence electrons. The Morgan fingerprint density at radius 1 is 0.909 bits per heavy atom. The summed E-state index contributed by atoms with van der Waals surface area (Å²) in [4.78, 5) is 0. The van der Waals surface area contributed by atoms with Crippen molar-refractivity contribution in [1.82, 2.24) is 5.32 Å². The summed E-state index contributed by atoms with van der Waals surface area (Å²) in [5.74, 6) is 0. The van der Waals surface area contributed by atoms with Gasteiger partial charge in [-0.05, 0) is 57.0 Å². The molecule has 1 N–H and O–H groups in total. The molecule has 22 heavy (non-hydrogen) atoms. The van der Waals surface area contributed by atoms with Gasteiger partial charge in [0.2, 0.25) is 0 Å². The van der Waals surface area contributed by atoms with Crippen molar-refractivity contribution in [3.8, 4) is 0 Å². The van der Waals surface area contributed by atoms with Crippen molar-refractivity contribution in [3.05, 3.63) is 71.3 Å². The zero-order valence-electron chi connectivity index (χ0n) is 13.7. The van der Waals surface area contributed by atoms with Crippen molar-refractivity contribution in [2.24, 2.45) is 0 Å². The summed E-state index contributed by atoms with van der Waals surface area (Å²) in [7, 11) is 2.04. The smallest absolute Gasteiger partial charge is 0.0669 e. The highest BCUT2D eigenvalue weighted by Gasteiger charge is 2.48. The van der Waals surface area contributed by atoms with E-state index < -0.39 is 0 Å². The van der Waals surface area contributed by atoms with Gasteiger partial charge in [-0.2, -0.15) is 0 Å². The summed E-state index contributed by atoms with van der Waals surface area (Å²) in [6.07, 6.45) is 2.35. The van der Waals surface area contributed by atoms with Crippen LogP contribution in [0, 0.1) is 0 Å². The molecule has 0 saturated heterocycles. The largest absolute Gasteiger partial charge is 0.320 e. The Hall–Kier alpha value is -1.25. The van der Waals surface area contributed by atoms with Crippen molar-refractivity contribution in [1.29, 1.82) is 0 Å². The third kappa shape index (κ3) is 2.59. The summed E-state index contributed by atoms with van der Waals surface area (Å²) >= 11 is 2.12. The van der Waals surface area contributed by atoms with Crippen LogP contribution < -0.4 is 5.32 Å². The van der Waals surface area contributed by atoms with Gasteiger partial charge in [-0.3, -0.25) is 0 Å². The number of fused-ring (bicyclic) bond motifs is 1. The predicted octanol–water partition coefficient (Wildman–Crippen LogP) is 4.91. The molecule has 0 amide bonds. The summed E-state index contributed by atoms with van der Waals surface area (Å²) < 4.78 is 0.240. The molecular formula is C20H25NS. The number of nitrogens with one attached hydrogen (secondary N) is 1. The van der Waals surface area contributed by atoms with Crippen molar-refractivity contribution >= 4 is 11.8 Å². The molecule has 1 aliphatic rings. The first-order chi connectivity index (χ1) is 10.6. The fourth-order valence-corrected chi connectivity index (χ4v) is 5.62. The summed E-state index contributed by atoms with van der Waals surface area (Å²) in [6.45, 7) is 5.79. The molecule has 2 aromatic rings. The van der Waals surface area contributed by atoms with Crippen LogP contribution in [0.3, 0.4) is 0 Å². The van der Waals surface area contributed by atoms with E-state index in [-0.39, 0.29) is 9.49 Å². The minimum Gasteiger partial charge on any atom is -0.320 e. The zero-order chi connectivity index (χ0) is 15.6. The Balaban J connectivity index is 2.12. The predicted molar refractivity (Wildman–Crippen MR) is 97.4 cm³/mol. The van der Waals surface area contributed by atoms with E-state index in [9.17, 15) is 0 Å². The first-order valence-corrected chi connectivity index (χ1v) is 8.92. The summed E-state index contributed by atoms with van der Waals surface area (Å²) in [6, 6.07) is 20.1. The quantitative estimate of drug-likeness (QED) is 0.787. The normalized spacial score (nSPS) is 22.5. The molecule has 0 saturated carbocycles. The van der Waals surface area contributed by atoms with Crippen molar-refractivity contribution in [3.63, 3.8) is 0 Å². The number of thioether (sulfide) groups is 1. The minimum absolute atomic E-state index is 0.0816. The molecule has 0 radical (unpaired) electrons. The molecule has 2 heteroatoms. The number of benzene rings is 2. The number of rotatable bonds is 5. The third-order valence-electron chi connectivity index (χ3n) is 4.64. The first-order valence-electron chi connectivity index (χ1n) is 8.10. The van der Waals surface area contributed by atoms with Crippen molar-refractivity contribution in [2.45, 2.75) is 36.2 Å². The molecule has 0 unspecified atom stereocenters. The monoisotopic (exact) mass is 311 g/mol. The fourth-order valence-electron chi connectivity index (χ4n) is 3.67. The van der Waals surface area contributed by atoms with Crippen LogP contribution in [0.4, 0.5) is 0 Å². The van der Waals surface area contributed by atoms with Gasteiger partial charge in [-0.25, -0.2) is 0 Å². The molecule has 1 heterocycles. The van der Waals surface area contributed by atoms with Gasteiger partial charge < -0.3 is 5.32 Å². The van der Waals surface area contributed by atoms with Gasteiger partial charge >= 0.3 is 0 Å². The third-order valence-corrected chi connectivity index (χ3v) is 6.37. The van der Waals surface area contributed by atoms with Crippen LogP contribution in [0.5, 0.6) is 0 Å². The van der Waals surface area contributed by atoms with Gasteiger partial charge in [0.15, 0.2) is 0 Å². The van der Waals surface area contributed by atoms with E-state index in [1.54, 1.807) is 0 Å². The molecule has 1 atom stereocenters. The average molecular weight is 311 g/mol. The van der Waals surface area contributed by atoms with Gasteiger partial charge in [0.25, 0.3) is 0 Å². The second-order valence-corrected chi connectivity index (χ2v) is 8.48. The van der Waals surface area contributed by atoms with Gasteiger partial charge in [-0.15, -0.1) is 11.8 Å². The Morgan fingerprint density at radius 2 is 1.55 bits per heavy atom. The lowest BCUT2D eigenvalue weighted by atomic mass is 9.82. The van der Waals surface area contributed by atoms with Gasteiger partial charge in [0.05, 0.1) is 4.75 Å². The van der Waals surface area contributed by atoms with Gasteiger partial charge in [-0.1, -0.05) is 54.6 Å². The number of hydrogen-bond donors (Lipinski definition) is 1. The highest BCUT2D eigenvalue weighted by atomic mass is 32.2. The van der Waals surface area contributed by atoms with Gasteiger partial charge in [0, 0.05) is 4.75 Å². The highest BCUT2D eigenvalue weighted by molar-refractivity contribution is 8.01. The Labute approximate surface area is 138 Å². The van der Waals surface area contributed by atoms with Gasteiger partial charge in [0.1, 0.15) is 0 Å². The van der Waals surface area contributed by atoms with Crippen LogP contribution in [0.2, 0.25) is 0 Å². The average Bonchev–Trinajstić information content (AvgIpc) is 2.78. The molecule has 0 fully saturated rings. The topological polar surface area (TPSA) is 12.0 Å². The van der Waals surface area contributed by atoms with Crippen LogP contribution >= 0.6 is 11.8 Å². The maximum absolute atomic E-state index is 3.30. The Bertz CT molecular complexity index is 635. The minimum atomic E-state index is 0.0816. The first kappa shape index (κ1) is 15.6. The van der Waals surface area contributed by atoms with E-state index in [2.05, 4.69) is 85.5 Å². The maximum Gasteiger partial charge on any atom is 0.0669 e. The van der Waals surface area contributed by atoms with Crippen LogP contribution in [0.1, 0.15) is 43.4 Å². The molecule has 0 spiro atoms. The van der Waals surface area contributed by atoms with E-state index in [0.29, 0.717) is 0 Å². The standard InChI is InChI=1S/C20H25NS/c1-19(2)17-12-7-8-13-18(17)20(22-19,14-9-15-21-3)16-10-5-4-6-11-16/h4-8,10-13,21H,9,14-15H2,1-3H3/t20-/m1/s1. The Morgan fingerprint density at radius 3 is 2.23 bits per heavy atom. The van der Waals surface area contributed by atoms with E-state index in [1.165, 1.54) is 29.5 Å². The second-order valence-electron chi connectivity index (χ2n) is 6.56. The molecular weight excluding hydrogens is 286 g/mol. The molecule has 1 nitrogen and oxygen atoms in total. The fraction of sp³-hybridized carbons (Fsp3) is 0.400.